The van der Waals surface area contributed by atoms with Gasteiger partial charge in [-0.15, -0.1) is 0 Å². The molecule has 0 bridgehead atoms. The largest absolute Gasteiger partial charge is 0.339 e. The van der Waals surface area contributed by atoms with E-state index >= 15 is 0 Å². The Labute approximate surface area is 116 Å². The van der Waals surface area contributed by atoms with Crippen LogP contribution in [0.2, 0.25) is 0 Å². The molecular formula is C13H16N4O3. The lowest BCUT2D eigenvalue weighted by atomic mass is 10.2. The van der Waals surface area contributed by atoms with Gasteiger partial charge in [0.25, 0.3) is 5.69 Å². The zero-order chi connectivity index (χ0) is 14.5. The van der Waals surface area contributed by atoms with E-state index in [0.29, 0.717) is 29.7 Å². The minimum Gasteiger partial charge on any atom is -0.339 e. The molecule has 0 amide bonds. The van der Waals surface area contributed by atoms with Gasteiger partial charge in [0.2, 0.25) is 11.7 Å². The number of aryl methyl sites for hydroxylation is 1. The summed E-state index contributed by atoms with van der Waals surface area (Å²) in [4.78, 5) is 14.4. The zero-order valence-corrected chi connectivity index (χ0v) is 11.4. The lowest BCUT2D eigenvalue weighted by Crippen LogP contribution is -2.21. The van der Waals surface area contributed by atoms with Crippen molar-refractivity contribution in [1.29, 1.82) is 0 Å². The maximum absolute atomic E-state index is 10.6. The van der Waals surface area contributed by atoms with E-state index in [1.54, 1.807) is 12.1 Å². The predicted octanol–water partition coefficient (Wildman–Crippen LogP) is 2.19. The molecule has 20 heavy (non-hydrogen) atoms. The van der Waals surface area contributed by atoms with Gasteiger partial charge >= 0.3 is 0 Å². The fourth-order valence-electron chi connectivity index (χ4n) is 1.69. The molecule has 7 nitrogen and oxygen atoms in total. The highest BCUT2D eigenvalue weighted by Crippen LogP contribution is 2.20. The highest BCUT2D eigenvalue weighted by Gasteiger charge is 2.11. The molecule has 1 aromatic heterocycles. The van der Waals surface area contributed by atoms with Crippen molar-refractivity contribution in [3.05, 3.63) is 40.3 Å². The predicted molar refractivity (Wildman–Crippen MR) is 73.2 cm³/mol. The van der Waals surface area contributed by atoms with Gasteiger partial charge in [0.05, 0.1) is 4.92 Å². The van der Waals surface area contributed by atoms with Gasteiger partial charge in [0.15, 0.2) is 0 Å². The first-order valence-electron chi connectivity index (χ1n) is 6.35. The summed E-state index contributed by atoms with van der Waals surface area (Å²) in [6.45, 7) is 2.08. The third-order valence-corrected chi connectivity index (χ3v) is 3.09. The van der Waals surface area contributed by atoms with Crippen LogP contribution in [0.15, 0.2) is 28.8 Å². The van der Waals surface area contributed by atoms with Gasteiger partial charge < -0.3 is 9.84 Å². The molecule has 0 aliphatic carbocycles. The molecule has 0 radical (unpaired) electrons. The van der Waals surface area contributed by atoms with Crippen LogP contribution in [0.25, 0.3) is 11.4 Å². The highest BCUT2D eigenvalue weighted by molar-refractivity contribution is 5.56. The minimum atomic E-state index is -0.440. The Bertz CT molecular complexity index is 580. The number of hydrogen-bond donors (Lipinski definition) is 1. The molecule has 2 aromatic rings. The number of aromatic nitrogens is 2. The molecule has 1 unspecified atom stereocenters. The van der Waals surface area contributed by atoms with Gasteiger partial charge in [-0.1, -0.05) is 5.16 Å². The Kier molecular flexibility index (Phi) is 4.41. The van der Waals surface area contributed by atoms with Crippen LogP contribution in [0.4, 0.5) is 5.69 Å². The fourth-order valence-corrected chi connectivity index (χ4v) is 1.69. The lowest BCUT2D eigenvalue weighted by Gasteiger charge is -2.06. The van der Waals surface area contributed by atoms with E-state index in [2.05, 4.69) is 22.4 Å². The average Bonchev–Trinajstić information content (AvgIpc) is 2.93. The molecule has 1 N–H and O–H groups in total. The van der Waals surface area contributed by atoms with Crippen molar-refractivity contribution in [2.45, 2.75) is 25.8 Å². The quantitative estimate of drug-likeness (QED) is 0.642. The minimum absolute atomic E-state index is 0.0420. The van der Waals surface area contributed by atoms with E-state index in [-0.39, 0.29) is 5.69 Å². The van der Waals surface area contributed by atoms with Crippen molar-refractivity contribution in [2.75, 3.05) is 7.05 Å². The van der Waals surface area contributed by atoms with Crippen LogP contribution < -0.4 is 5.32 Å². The Morgan fingerprint density at radius 1 is 1.40 bits per heavy atom. The second-order valence-electron chi connectivity index (χ2n) is 4.54. The Balaban J connectivity index is 2.06. The number of nitro benzene ring substituents is 1. The molecule has 0 spiro atoms. The molecule has 0 aliphatic rings. The SMILES string of the molecule is CNC(C)CCc1nc(-c2ccc([N+](=O)[O-])cc2)no1. The van der Waals surface area contributed by atoms with Gasteiger partial charge in [-0.3, -0.25) is 10.1 Å². The van der Waals surface area contributed by atoms with Crippen molar-refractivity contribution in [1.82, 2.24) is 15.5 Å². The Morgan fingerprint density at radius 3 is 2.70 bits per heavy atom. The molecular weight excluding hydrogens is 260 g/mol. The summed E-state index contributed by atoms with van der Waals surface area (Å²) < 4.78 is 5.17. The topological polar surface area (TPSA) is 94.1 Å². The third kappa shape index (κ3) is 3.39. The molecule has 106 valence electrons. The maximum atomic E-state index is 10.6. The molecule has 0 saturated carbocycles. The van der Waals surface area contributed by atoms with Crippen molar-refractivity contribution in [3.63, 3.8) is 0 Å². The van der Waals surface area contributed by atoms with Crippen molar-refractivity contribution in [2.24, 2.45) is 0 Å². The van der Waals surface area contributed by atoms with Crippen LogP contribution in [0.1, 0.15) is 19.2 Å². The van der Waals surface area contributed by atoms with E-state index < -0.39 is 4.92 Å². The molecule has 1 heterocycles. The van der Waals surface area contributed by atoms with Crippen molar-refractivity contribution >= 4 is 5.69 Å². The summed E-state index contributed by atoms with van der Waals surface area (Å²) in [6.07, 6.45) is 1.60. The summed E-state index contributed by atoms with van der Waals surface area (Å²) in [5.74, 6) is 1.02. The normalized spacial score (nSPS) is 12.3. The first kappa shape index (κ1) is 14.1. The van der Waals surface area contributed by atoms with E-state index in [1.165, 1.54) is 12.1 Å². The van der Waals surface area contributed by atoms with Crippen molar-refractivity contribution < 1.29 is 9.45 Å². The highest BCUT2D eigenvalue weighted by atomic mass is 16.6. The van der Waals surface area contributed by atoms with Crippen LogP contribution in [-0.2, 0) is 6.42 Å². The summed E-state index contributed by atoms with van der Waals surface area (Å²) in [5.41, 5.74) is 0.743. The molecule has 0 fully saturated rings. The van der Waals surface area contributed by atoms with Gasteiger partial charge in [0, 0.05) is 30.2 Å². The number of nitro groups is 1. The molecule has 1 aromatic carbocycles. The van der Waals surface area contributed by atoms with Crippen LogP contribution >= 0.6 is 0 Å². The molecule has 7 heteroatoms. The van der Waals surface area contributed by atoms with E-state index in [9.17, 15) is 10.1 Å². The summed E-state index contributed by atoms with van der Waals surface area (Å²) in [7, 11) is 1.90. The van der Waals surface area contributed by atoms with Gasteiger partial charge in [-0.05, 0) is 32.5 Å². The maximum Gasteiger partial charge on any atom is 0.269 e. The smallest absolute Gasteiger partial charge is 0.269 e. The third-order valence-electron chi connectivity index (χ3n) is 3.09. The molecule has 1 atom stereocenters. The number of rotatable bonds is 6. The van der Waals surface area contributed by atoms with Crippen LogP contribution in [0.3, 0.4) is 0 Å². The summed E-state index contributed by atoms with van der Waals surface area (Å²) in [5, 5.41) is 17.6. The zero-order valence-electron chi connectivity index (χ0n) is 11.4. The van der Waals surface area contributed by atoms with E-state index in [4.69, 9.17) is 4.52 Å². The number of hydrogen-bond acceptors (Lipinski definition) is 6. The number of benzene rings is 1. The second kappa shape index (κ2) is 6.25. The van der Waals surface area contributed by atoms with Crippen molar-refractivity contribution in [3.8, 4) is 11.4 Å². The first-order valence-corrected chi connectivity index (χ1v) is 6.35. The van der Waals surface area contributed by atoms with Gasteiger partial charge in [0.1, 0.15) is 0 Å². The van der Waals surface area contributed by atoms with Gasteiger partial charge in [-0.25, -0.2) is 0 Å². The number of nitrogens with zero attached hydrogens (tertiary/aromatic N) is 3. The number of nitrogens with one attached hydrogen (secondary N) is 1. The molecule has 2 rings (SSSR count). The number of non-ortho nitro benzene ring substituents is 1. The molecule has 0 aliphatic heterocycles. The first-order chi connectivity index (χ1) is 9.60. The second-order valence-corrected chi connectivity index (χ2v) is 4.54. The van der Waals surface area contributed by atoms with Crippen LogP contribution in [-0.4, -0.2) is 28.2 Å². The van der Waals surface area contributed by atoms with E-state index in [0.717, 1.165) is 6.42 Å². The monoisotopic (exact) mass is 276 g/mol. The van der Waals surface area contributed by atoms with Crippen LogP contribution in [0, 0.1) is 10.1 Å². The summed E-state index contributed by atoms with van der Waals surface area (Å²) in [6, 6.07) is 6.46. The van der Waals surface area contributed by atoms with Crippen LogP contribution in [0.5, 0.6) is 0 Å². The molecule has 0 saturated heterocycles. The summed E-state index contributed by atoms with van der Waals surface area (Å²) >= 11 is 0. The van der Waals surface area contributed by atoms with E-state index in [1.807, 2.05) is 7.05 Å². The van der Waals surface area contributed by atoms with Gasteiger partial charge in [-0.2, -0.15) is 4.98 Å². The Hall–Kier alpha value is -2.28. The fraction of sp³-hybridized carbons (Fsp3) is 0.385. The average molecular weight is 276 g/mol. The standard InChI is InChI=1S/C13H16N4O3/c1-9(14-2)3-8-12-15-13(16-20-12)10-4-6-11(7-5-10)17(18)19/h4-7,9,14H,3,8H2,1-2H3. The Morgan fingerprint density at radius 2 is 2.10 bits per heavy atom. The lowest BCUT2D eigenvalue weighted by molar-refractivity contribution is -0.384.